The van der Waals surface area contributed by atoms with Gasteiger partial charge in [0.15, 0.2) is 0 Å². The van der Waals surface area contributed by atoms with Crippen LogP contribution >= 0.6 is 0 Å². The highest BCUT2D eigenvalue weighted by molar-refractivity contribution is 6.67. The lowest BCUT2D eigenvalue weighted by Gasteiger charge is -2.28. The van der Waals surface area contributed by atoms with E-state index in [2.05, 4.69) is 35.9 Å². The van der Waals surface area contributed by atoms with Crippen LogP contribution in [0.3, 0.4) is 0 Å². The molecule has 25 heavy (non-hydrogen) atoms. The Bertz CT molecular complexity index is 527. The Morgan fingerprint density at radius 1 is 0.760 bits per heavy atom. The molecule has 136 valence electrons. The lowest BCUT2D eigenvalue weighted by Crippen LogP contribution is -2.41. The summed E-state index contributed by atoms with van der Waals surface area (Å²) in [7, 11) is -2.06. The van der Waals surface area contributed by atoms with Crippen LogP contribution in [0.2, 0.25) is 12.1 Å². The van der Waals surface area contributed by atoms with Crippen molar-refractivity contribution >= 4 is 8.56 Å². The first-order valence-corrected chi connectivity index (χ1v) is 11.6. The molecule has 0 fully saturated rings. The normalized spacial score (nSPS) is 11.6. The fourth-order valence-electron chi connectivity index (χ4n) is 2.81. The van der Waals surface area contributed by atoms with Crippen LogP contribution in [0, 0.1) is 0 Å². The lowest BCUT2D eigenvalue weighted by molar-refractivity contribution is 0.165. The summed E-state index contributed by atoms with van der Waals surface area (Å²) < 4.78 is 12.6. The molecule has 0 amide bonds. The van der Waals surface area contributed by atoms with Gasteiger partial charge in [0.2, 0.25) is 0 Å². The summed E-state index contributed by atoms with van der Waals surface area (Å²) in [6.45, 7) is 5.88. The van der Waals surface area contributed by atoms with Gasteiger partial charge in [-0.2, -0.15) is 0 Å². The Morgan fingerprint density at radius 3 is 1.60 bits per heavy atom. The second kappa shape index (κ2) is 11.1. The van der Waals surface area contributed by atoms with Gasteiger partial charge in [0.05, 0.1) is 0 Å². The van der Waals surface area contributed by atoms with E-state index in [0.717, 1.165) is 62.4 Å². The zero-order valence-electron chi connectivity index (χ0n) is 15.5. The van der Waals surface area contributed by atoms with Crippen LogP contribution in [-0.2, 0) is 21.7 Å². The maximum atomic E-state index is 6.28. The minimum Gasteiger partial charge on any atom is -0.394 e. The van der Waals surface area contributed by atoms with E-state index in [1.165, 1.54) is 0 Å². The van der Waals surface area contributed by atoms with Crippen LogP contribution in [0.1, 0.15) is 38.1 Å². The number of nitrogens with zero attached hydrogens (tertiary/aromatic N) is 2. The smallest absolute Gasteiger partial charge is 0.337 e. The fourth-order valence-corrected chi connectivity index (χ4v) is 5.25. The molecule has 0 radical (unpaired) electrons. The predicted octanol–water partition coefficient (Wildman–Crippen LogP) is 4.56. The van der Waals surface area contributed by atoms with Crippen molar-refractivity contribution in [3.05, 3.63) is 60.2 Å². The maximum absolute atomic E-state index is 6.28. The highest BCUT2D eigenvalue weighted by Crippen LogP contribution is 2.19. The zero-order chi connectivity index (χ0) is 17.8. The molecule has 0 aliphatic heterocycles. The molecule has 0 spiro atoms. The van der Waals surface area contributed by atoms with E-state index in [1.54, 1.807) is 0 Å². The topological polar surface area (TPSA) is 44.2 Å². The quantitative estimate of drug-likeness (QED) is 0.412. The lowest BCUT2D eigenvalue weighted by atomic mass is 10.2. The maximum Gasteiger partial charge on any atom is 0.337 e. The molecule has 0 aromatic carbocycles. The van der Waals surface area contributed by atoms with Gasteiger partial charge in [-0.25, -0.2) is 0 Å². The second-order valence-electron chi connectivity index (χ2n) is 6.16. The average molecular weight is 359 g/mol. The number of rotatable bonds is 12. The van der Waals surface area contributed by atoms with E-state index in [9.17, 15) is 0 Å². The van der Waals surface area contributed by atoms with Crippen LogP contribution in [0.15, 0.2) is 48.8 Å². The molecule has 0 aliphatic carbocycles. The summed E-state index contributed by atoms with van der Waals surface area (Å²) in [4.78, 5) is 8.72. The molecular formula is C20H30N2O2Si. The second-order valence-corrected chi connectivity index (χ2v) is 9.98. The van der Waals surface area contributed by atoms with Crippen molar-refractivity contribution in [2.45, 2.75) is 51.6 Å². The van der Waals surface area contributed by atoms with Crippen molar-refractivity contribution in [2.24, 2.45) is 0 Å². The molecule has 0 unspecified atom stereocenters. The Hall–Kier alpha value is -1.56. The number of hydrogen-bond acceptors (Lipinski definition) is 4. The molecular weight excluding hydrogens is 328 g/mol. The largest absolute Gasteiger partial charge is 0.394 e. The van der Waals surface area contributed by atoms with Crippen LogP contribution in [0.25, 0.3) is 0 Å². The van der Waals surface area contributed by atoms with Crippen molar-refractivity contribution in [3.63, 3.8) is 0 Å². The highest BCUT2D eigenvalue weighted by Gasteiger charge is 2.33. The minimum atomic E-state index is -2.06. The Kier molecular flexibility index (Phi) is 8.80. The van der Waals surface area contributed by atoms with Crippen molar-refractivity contribution in [1.29, 1.82) is 0 Å². The van der Waals surface area contributed by atoms with Crippen molar-refractivity contribution in [2.75, 3.05) is 13.2 Å². The van der Waals surface area contributed by atoms with Crippen LogP contribution in [0.5, 0.6) is 0 Å². The van der Waals surface area contributed by atoms with Gasteiger partial charge < -0.3 is 8.85 Å². The summed E-state index contributed by atoms with van der Waals surface area (Å²) in [5.41, 5.74) is 2.25. The highest BCUT2D eigenvalue weighted by atomic mass is 28.4. The summed E-state index contributed by atoms with van der Waals surface area (Å²) in [5, 5.41) is 0. The number of hydrogen-bond donors (Lipinski definition) is 0. The van der Waals surface area contributed by atoms with Gasteiger partial charge in [-0.1, -0.05) is 26.0 Å². The van der Waals surface area contributed by atoms with Gasteiger partial charge in [-0.3, -0.25) is 9.97 Å². The summed E-state index contributed by atoms with van der Waals surface area (Å²) in [5.74, 6) is 0. The molecule has 0 saturated heterocycles. The monoisotopic (exact) mass is 358 g/mol. The third kappa shape index (κ3) is 7.06. The van der Waals surface area contributed by atoms with E-state index >= 15 is 0 Å². The van der Waals surface area contributed by atoms with E-state index in [1.807, 2.05) is 36.7 Å². The molecule has 0 N–H and O–H groups in total. The SMILES string of the molecule is CC[Si](CC)(OCCCc1ccccn1)OCCCc1ccccn1. The van der Waals surface area contributed by atoms with Crippen molar-refractivity contribution in [3.8, 4) is 0 Å². The molecule has 2 aromatic heterocycles. The van der Waals surface area contributed by atoms with E-state index in [0.29, 0.717) is 0 Å². The van der Waals surface area contributed by atoms with Crippen molar-refractivity contribution in [1.82, 2.24) is 9.97 Å². The predicted molar refractivity (Wildman–Crippen MR) is 104 cm³/mol. The fraction of sp³-hybridized carbons (Fsp3) is 0.500. The van der Waals surface area contributed by atoms with Gasteiger partial charge >= 0.3 is 8.56 Å². The number of aryl methyl sites for hydroxylation is 2. The first-order valence-electron chi connectivity index (χ1n) is 9.35. The molecule has 2 heterocycles. The van der Waals surface area contributed by atoms with Gasteiger partial charge in [0.1, 0.15) is 0 Å². The third-order valence-corrected chi connectivity index (χ3v) is 8.03. The van der Waals surface area contributed by atoms with Crippen LogP contribution in [0.4, 0.5) is 0 Å². The van der Waals surface area contributed by atoms with Crippen LogP contribution < -0.4 is 0 Å². The molecule has 0 atom stereocenters. The summed E-state index contributed by atoms with van der Waals surface area (Å²) in [6.07, 6.45) is 7.58. The molecule has 0 aliphatic rings. The molecule has 4 nitrogen and oxygen atoms in total. The minimum absolute atomic E-state index is 0.755. The molecule has 5 heteroatoms. The third-order valence-electron chi connectivity index (χ3n) is 4.41. The Morgan fingerprint density at radius 2 is 1.24 bits per heavy atom. The summed E-state index contributed by atoms with van der Waals surface area (Å²) >= 11 is 0. The average Bonchev–Trinajstić information content (AvgIpc) is 2.69. The Balaban J connectivity index is 1.69. The number of pyridine rings is 2. The Labute approximate surface area is 152 Å². The van der Waals surface area contributed by atoms with Gasteiger partial charge in [0.25, 0.3) is 0 Å². The first kappa shape index (κ1) is 19.8. The van der Waals surface area contributed by atoms with Crippen molar-refractivity contribution < 1.29 is 8.85 Å². The summed E-state index contributed by atoms with van der Waals surface area (Å²) in [6, 6.07) is 14.1. The zero-order valence-corrected chi connectivity index (χ0v) is 16.5. The van der Waals surface area contributed by atoms with E-state index in [4.69, 9.17) is 8.85 Å². The molecule has 2 aromatic rings. The standard InChI is InChI=1S/C20H30N2O2Si/c1-3-25(4-2,23-17-9-13-19-11-5-7-15-21-19)24-18-10-14-20-12-6-8-16-22-20/h5-8,11-12,15-16H,3-4,9-10,13-14,17-18H2,1-2H3. The van der Waals surface area contributed by atoms with Crippen LogP contribution in [-0.4, -0.2) is 31.7 Å². The molecule has 0 saturated carbocycles. The van der Waals surface area contributed by atoms with Gasteiger partial charge in [-0.15, -0.1) is 0 Å². The first-order chi connectivity index (χ1) is 12.3. The van der Waals surface area contributed by atoms with E-state index < -0.39 is 8.56 Å². The van der Waals surface area contributed by atoms with Gasteiger partial charge in [-0.05, 0) is 62.0 Å². The van der Waals surface area contributed by atoms with E-state index in [-0.39, 0.29) is 0 Å². The molecule has 2 rings (SSSR count). The number of aromatic nitrogens is 2. The van der Waals surface area contributed by atoms with Gasteiger partial charge in [0, 0.05) is 37.0 Å². The molecule has 0 bridgehead atoms.